The predicted molar refractivity (Wildman–Crippen MR) is 115 cm³/mol. The lowest BCUT2D eigenvalue weighted by molar-refractivity contribution is 0.0486. The van der Waals surface area contributed by atoms with Gasteiger partial charge in [-0.25, -0.2) is 0 Å². The molecule has 0 saturated carbocycles. The van der Waals surface area contributed by atoms with Gasteiger partial charge in [-0.1, -0.05) is 29.8 Å². The fourth-order valence-corrected chi connectivity index (χ4v) is 4.57. The highest BCUT2D eigenvalue weighted by Gasteiger charge is 2.43. The Hall–Kier alpha value is -2.92. The summed E-state index contributed by atoms with van der Waals surface area (Å²) in [5, 5.41) is 0.528. The third-order valence-electron chi connectivity index (χ3n) is 6.40. The molecular weight excluding hydrogens is 378 g/mol. The molecule has 3 heterocycles. The van der Waals surface area contributed by atoms with Gasteiger partial charge in [0.25, 0.3) is 5.91 Å². The third-order valence-corrected chi connectivity index (χ3v) is 6.40. The second-order valence-electron chi connectivity index (χ2n) is 8.51. The van der Waals surface area contributed by atoms with Gasteiger partial charge in [0.15, 0.2) is 5.43 Å². The summed E-state index contributed by atoms with van der Waals surface area (Å²) in [6, 6.07) is 11.3. The number of hydrogen-bond donors (Lipinski definition) is 0. The van der Waals surface area contributed by atoms with E-state index in [0.717, 1.165) is 35.1 Å². The molecule has 1 aromatic heterocycles. The van der Waals surface area contributed by atoms with Crippen molar-refractivity contribution in [2.75, 3.05) is 13.2 Å². The summed E-state index contributed by atoms with van der Waals surface area (Å²) in [5.74, 6) is -0.0670. The zero-order valence-electron chi connectivity index (χ0n) is 17.5. The number of fused-ring (bicyclic) bond motifs is 2. The van der Waals surface area contributed by atoms with Gasteiger partial charge >= 0.3 is 0 Å². The van der Waals surface area contributed by atoms with E-state index in [9.17, 15) is 9.59 Å². The number of benzene rings is 2. The Bertz CT molecular complexity index is 1200. The van der Waals surface area contributed by atoms with Crippen LogP contribution in [-0.2, 0) is 4.74 Å². The van der Waals surface area contributed by atoms with Crippen molar-refractivity contribution in [3.05, 3.63) is 80.2 Å². The number of amides is 1. The Morgan fingerprint density at radius 3 is 2.47 bits per heavy atom. The number of aryl methyl sites for hydroxylation is 3. The lowest BCUT2D eigenvalue weighted by Gasteiger charge is -2.27. The van der Waals surface area contributed by atoms with Crippen LogP contribution in [0.15, 0.2) is 45.6 Å². The zero-order valence-corrected chi connectivity index (χ0v) is 17.5. The van der Waals surface area contributed by atoms with Gasteiger partial charge in [0.05, 0.1) is 23.1 Å². The van der Waals surface area contributed by atoms with Crippen molar-refractivity contribution < 1.29 is 13.9 Å². The highest BCUT2D eigenvalue weighted by molar-refractivity contribution is 5.99. The summed E-state index contributed by atoms with van der Waals surface area (Å²) in [7, 11) is 0. The van der Waals surface area contributed by atoms with Crippen LogP contribution in [0.3, 0.4) is 0 Å². The Balaban J connectivity index is 1.72. The molecule has 154 valence electrons. The molecule has 1 saturated heterocycles. The van der Waals surface area contributed by atoms with Crippen molar-refractivity contribution in [1.29, 1.82) is 0 Å². The van der Waals surface area contributed by atoms with Crippen LogP contribution in [0.2, 0.25) is 0 Å². The van der Waals surface area contributed by atoms with Gasteiger partial charge in [0.1, 0.15) is 5.58 Å². The maximum atomic E-state index is 13.6. The van der Waals surface area contributed by atoms with Crippen molar-refractivity contribution >= 4 is 16.9 Å². The molecule has 2 atom stereocenters. The van der Waals surface area contributed by atoms with E-state index >= 15 is 0 Å². The van der Waals surface area contributed by atoms with E-state index in [1.165, 1.54) is 0 Å². The molecule has 3 aromatic rings. The van der Waals surface area contributed by atoms with Crippen LogP contribution in [0, 0.1) is 20.8 Å². The van der Waals surface area contributed by atoms with Crippen molar-refractivity contribution in [1.82, 2.24) is 4.90 Å². The molecule has 0 spiro atoms. The first kappa shape index (κ1) is 19.1. The molecule has 2 aliphatic heterocycles. The average Bonchev–Trinajstić information content (AvgIpc) is 3.33. The topological polar surface area (TPSA) is 59.8 Å². The van der Waals surface area contributed by atoms with Gasteiger partial charge < -0.3 is 14.1 Å². The van der Waals surface area contributed by atoms with Gasteiger partial charge in [0.2, 0.25) is 5.76 Å². The molecule has 1 fully saturated rings. The number of hydrogen-bond acceptors (Lipinski definition) is 4. The lowest BCUT2D eigenvalue weighted by Crippen LogP contribution is -2.36. The van der Waals surface area contributed by atoms with Crippen LogP contribution in [0.4, 0.5) is 0 Å². The molecule has 0 bridgehead atoms. The molecule has 5 rings (SSSR count). The van der Waals surface area contributed by atoms with E-state index in [1.807, 2.05) is 57.2 Å². The first-order valence-corrected chi connectivity index (χ1v) is 10.5. The largest absolute Gasteiger partial charge is 0.450 e. The minimum absolute atomic E-state index is 0.00906. The smallest absolute Gasteiger partial charge is 0.291 e. The summed E-state index contributed by atoms with van der Waals surface area (Å²) < 4.78 is 11.9. The number of rotatable bonds is 3. The van der Waals surface area contributed by atoms with Crippen LogP contribution >= 0.6 is 0 Å². The van der Waals surface area contributed by atoms with Crippen LogP contribution in [0.25, 0.3) is 11.0 Å². The van der Waals surface area contributed by atoms with Gasteiger partial charge in [-0.3, -0.25) is 9.59 Å². The molecule has 0 radical (unpaired) electrons. The van der Waals surface area contributed by atoms with Crippen molar-refractivity contribution in [2.24, 2.45) is 0 Å². The molecule has 0 unspecified atom stereocenters. The van der Waals surface area contributed by atoms with Gasteiger partial charge in [-0.05, 0) is 62.4 Å². The second-order valence-corrected chi connectivity index (χ2v) is 8.51. The van der Waals surface area contributed by atoms with Gasteiger partial charge in [-0.15, -0.1) is 0 Å². The number of carbonyl (C=O) groups is 1. The Morgan fingerprint density at radius 1 is 1.03 bits per heavy atom. The SMILES string of the molecule is Cc1ccc([C@@H]2c3c(oc4cc(C)c(C)cc4c3=O)C(=O)N2C[C@H]2CCCO2)cc1. The quantitative estimate of drug-likeness (QED) is 0.649. The minimum Gasteiger partial charge on any atom is -0.450 e. The van der Waals surface area contributed by atoms with E-state index in [2.05, 4.69) is 0 Å². The van der Waals surface area contributed by atoms with Crippen molar-refractivity contribution in [2.45, 2.75) is 45.8 Å². The molecule has 2 aromatic carbocycles. The lowest BCUT2D eigenvalue weighted by atomic mass is 9.96. The fourth-order valence-electron chi connectivity index (χ4n) is 4.57. The molecule has 5 heteroatoms. The average molecular weight is 403 g/mol. The number of nitrogens with zero attached hydrogens (tertiary/aromatic N) is 1. The predicted octanol–water partition coefficient (Wildman–Crippen LogP) is 4.44. The van der Waals surface area contributed by atoms with E-state index < -0.39 is 6.04 Å². The number of ether oxygens (including phenoxy) is 1. The molecular formula is C25H25NO4. The van der Waals surface area contributed by atoms with Crippen molar-refractivity contribution in [3.8, 4) is 0 Å². The maximum absolute atomic E-state index is 13.6. The van der Waals surface area contributed by atoms with Crippen molar-refractivity contribution in [3.63, 3.8) is 0 Å². The third kappa shape index (κ3) is 2.96. The Morgan fingerprint density at radius 2 is 1.77 bits per heavy atom. The summed E-state index contributed by atoms with van der Waals surface area (Å²) in [6.45, 7) is 7.15. The van der Waals surface area contributed by atoms with E-state index in [4.69, 9.17) is 9.15 Å². The van der Waals surface area contributed by atoms with Crippen LogP contribution in [0.5, 0.6) is 0 Å². The summed E-state index contributed by atoms with van der Waals surface area (Å²) in [6.07, 6.45) is 1.90. The normalized spacial score (nSPS) is 20.9. The highest BCUT2D eigenvalue weighted by atomic mass is 16.5. The second kappa shape index (κ2) is 7.10. The molecule has 0 aliphatic carbocycles. The highest BCUT2D eigenvalue weighted by Crippen LogP contribution is 2.39. The van der Waals surface area contributed by atoms with Crippen LogP contribution in [0.1, 0.15) is 57.3 Å². The maximum Gasteiger partial charge on any atom is 0.291 e. The first-order valence-electron chi connectivity index (χ1n) is 10.5. The first-order chi connectivity index (χ1) is 14.4. The Labute approximate surface area is 175 Å². The van der Waals surface area contributed by atoms with E-state index in [0.29, 0.717) is 29.7 Å². The molecule has 0 N–H and O–H groups in total. The molecule has 1 amide bonds. The number of carbonyl (C=O) groups excluding carboxylic acids is 1. The molecule has 30 heavy (non-hydrogen) atoms. The molecule has 5 nitrogen and oxygen atoms in total. The van der Waals surface area contributed by atoms with Crippen LogP contribution < -0.4 is 5.43 Å². The van der Waals surface area contributed by atoms with Crippen LogP contribution in [-0.4, -0.2) is 30.1 Å². The van der Waals surface area contributed by atoms with E-state index in [-0.39, 0.29) is 23.2 Å². The fraction of sp³-hybridized carbons (Fsp3) is 0.360. The summed E-state index contributed by atoms with van der Waals surface area (Å²) in [5.41, 5.74) is 4.90. The zero-order chi connectivity index (χ0) is 21.0. The Kier molecular flexibility index (Phi) is 4.51. The monoisotopic (exact) mass is 403 g/mol. The minimum atomic E-state index is -0.459. The van der Waals surface area contributed by atoms with Gasteiger partial charge in [-0.2, -0.15) is 0 Å². The summed E-state index contributed by atoms with van der Waals surface area (Å²) in [4.78, 5) is 28.8. The summed E-state index contributed by atoms with van der Waals surface area (Å²) >= 11 is 0. The van der Waals surface area contributed by atoms with Gasteiger partial charge in [0, 0.05) is 13.2 Å². The standard InChI is InChI=1S/C25H25NO4/c1-14-6-8-17(9-7-14)22-21-23(27)19-11-15(2)16(3)12-20(19)30-24(21)25(28)26(22)13-18-5-4-10-29-18/h6-9,11-12,18,22H,4-5,10,13H2,1-3H3/t18-,22-/m1/s1. The van der Waals surface area contributed by atoms with E-state index in [1.54, 1.807) is 4.90 Å². The molecule has 2 aliphatic rings.